The van der Waals surface area contributed by atoms with Crippen LogP contribution in [0, 0.1) is 0 Å². The Hall–Kier alpha value is -1.95. The van der Waals surface area contributed by atoms with Gasteiger partial charge in [0.25, 0.3) is 0 Å². The molecule has 0 saturated carbocycles. The van der Waals surface area contributed by atoms with Gasteiger partial charge in [-0.2, -0.15) is 0 Å². The molecule has 0 saturated heterocycles. The fourth-order valence-electron chi connectivity index (χ4n) is 1.59. The van der Waals surface area contributed by atoms with Crippen LogP contribution in [0.2, 0.25) is 0 Å². The van der Waals surface area contributed by atoms with Crippen molar-refractivity contribution in [2.75, 3.05) is 21.3 Å². The van der Waals surface area contributed by atoms with Gasteiger partial charge in [0, 0.05) is 18.1 Å². The van der Waals surface area contributed by atoms with E-state index < -0.39 is 11.9 Å². The number of methoxy groups -OCH3 is 3. The van der Waals surface area contributed by atoms with Crippen LogP contribution in [-0.4, -0.2) is 33.3 Å². The Morgan fingerprint density at radius 2 is 1.61 bits per heavy atom. The summed E-state index contributed by atoms with van der Waals surface area (Å²) in [7, 11) is 4.59. The summed E-state index contributed by atoms with van der Waals surface area (Å²) in [5, 5.41) is 0. The van der Waals surface area contributed by atoms with Crippen LogP contribution in [0.25, 0.3) is 0 Å². The van der Waals surface area contributed by atoms with Crippen molar-refractivity contribution in [2.24, 2.45) is 11.5 Å². The third-order valence-electron chi connectivity index (χ3n) is 2.59. The summed E-state index contributed by atoms with van der Waals surface area (Å²) in [4.78, 5) is 11.0. The van der Waals surface area contributed by atoms with Gasteiger partial charge in [-0.1, -0.05) is 0 Å². The average Bonchev–Trinajstić information content (AvgIpc) is 2.37. The third kappa shape index (κ3) is 3.04. The number of hydrogen-bond acceptors (Lipinski definition) is 5. The van der Waals surface area contributed by atoms with E-state index in [9.17, 15) is 4.79 Å². The van der Waals surface area contributed by atoms with Crippen LogP contribution < -0.4 is 25.7 Å². The van der Waals surface area contributed by atoms with Crippen molar-refractivity contribution in [1.29, 1.82) is 0 Å². The van der Waals surface area contributed by atoms with E-state index in [1.807, 2.05) is 0 Å². The lowest BCUT2D eigenvalue weighted by molar-refractivity contribution is -0.119. The average molecular weight is 254 g/mol. The summed E-state index contributed by atoms with van der Waals surface area (Å²) in [6.07, 6.45) is 0.277. The first-order chi connectivity index (χ1) is 8.53. The van der Waals surface area contributed by atoms with E-state index in [0.717, 1.165) is 5.56 Å². The van der Waals surface area contributed by atoms with Crippen molar-refractivity contribution in [2.45, 2.75) is 12.5 Å². The topological polar surface area (TPSA) is 96.8 Å². The zero-order valence-electron chi connectivity index (χ0n) is 10.7. The van der Waals surface area contributed by atoms with Crippen molar-refractivity contribution >= 4 is 5.91 Å². The van der Waals surface area contributed by atoms with E-state index in [-0.39, 0.29) is 6.42 Å². The molecule has 6 heteroatoms. The van der Waals surface area contributed by atoms with E-state index in [2.05, 4.69) is 0 Å². The second kappa shape index (κ2) is 6.11. The summed E-state index contributed by atoms with van der Waals surface area (Å²) in [6, 6.07) is 2.64. The minimum atomic E-state index is -0.767. The summed E-state index contributed by atoms with van der Waals surface area (Å²) >= 11 is 0. The fourth-order valence-corrected chi connectivity index (χ4v) is 1.59. The zero-order chi connectivity index (χ0) is 13.7. The molecule has 0 aliphatic carbocycles. The number of hydrogen-bond donors (Lipinski definition) is 2. The van der Waals surface area contributed by atoms with Gasteiger partial charge >= 0.3 is 0 Å². The first-order valence-electron chi connectivity index (χ1n) is 5.37. The van der Waals surface area contributed by atoms with Crippen LogP contribution in [0.3, 0.4) is 0 Å². The molecule has 1 aromatic carbocycles. The molecular weight excluding hydrogens is 236 g/mol. The van der Waals surface area contributed by atoms with Crippen LogP contribution in [0.4, 0.5) is 0 Å². The third-order valence-corrected chi connectivity index (χ3v) is 2.59. The minimum Gasteiger partial charge on any atom is -0.496 e. The SMILES string of the molecule is COc1cc(OC)c(OC)cc1CC(N)C(N)=O. The molecule has 0 aliphatic heterocycles. The predicted octanol–water partition coefficient (Wildman–Crippen LogP) is 0.0675. The molecule has 0 aliphatic rings. The number of benzene rings is 1. The Balaban J connectivity index is 3.13. The number of primary amides is 1. The maximum Gasteiger partial charge on any atom is 0.234 e. The minimum absolute atomic E-state index is 0.277. The van der Waals surface area contributed by atoms with Crippen molar-refractivity contribution in [3.63, 3.8) is 0 Å². The van der Waals surface area contributed by atoms with Gasteiger partial charge in [-0.05, 0) is 6.07 Å². The molecule has 4 N–H and O–H groups in total. The summed E-state index contributed by atoms with van der Waals surface area (Å²) in [5.41, 5.74) is 11.5. The second-order valence-electron chi connectivity index (χ2n) is 3.73. The van der Waals surface area contributed by atoms with Crippen LogP contribution in [0.15, 0.2) is 12.1 Å². The molecule has 0 bridgehead atoms. The van der Waals surface area contributed by atoms with Gasteiger partial charge in [0.1, 0.15) is 5.75 Å². The molecule has 1 aromatic rings. The largest absolute Gasteiger partial charge is 0.496 e. The highest BCUT2D eigenvalue weighted by Gasteiger charge is 2.17. The van der Waals surface area contributed by atoms with E-state index >= 15 is 0 Å². The lowest BCUT2D eigenvalue weighted by Gasteiger charge is -2.15. The van der Waals surface area contributed by atoms with Crippen LogP contribution in [0.1, 0.15) is 5.56 Å². The van der Waals surface area contributed by atoms with Gasteiger partial charge < -0.3 is 25.7 Å². The van der Waals surface area contributed by atoms with Crippen molar-refractivity contribution < 1.29 is 19.0 Å². The number of ether oxygens (including phenoxy) is 3. The van der Waals surface area contributed by atoms with E-state index in [1.54, 1.807) is 12.1 Å². The number of carbonyl (C=O) groups is 1. The molecular formula is C12H18N2O4. The number of amides is 1. The van der Waals surface area contributed by atoms with Crippen molar-refractivity contribution in [3.05, 3.63) is 17.7 Å². The number of nitrogens with two attached hydrogens (primary N) is 2. The molecule has 1 rings (SSSR count). The zero-order valence-corrected chi connectivity index (χ0v) is 10.7. The quantitative estimate of drug-likeness (QED) is 0.748. The maximum absolute atomic E-state index is 11.0. The number of rotatable bonds is 6. The van der Waals surface area contributed by atoms with Gasteiger partial charge in [0.2, 0.25) is 5.91 Å². The molecule has 1 amide bonds. The lowest BCUT2D eigenvalue weighted by Crippen LogP contribution is -2.38. The van der Waals surface area contributed by atoms with Gasteiger partial charge in [-0.15, -0.1) is 0 Å². The molecule has 18 heavy (non-hydrogen) atoms. The highest BCUT2D eigenvalue weighted by Crippen LogP contribution is 2.34. The van der Waals surface area contributed by atoms with Gasteiger partial charge in [-0.3, -0.25) is 4.79 Å². The standard InChI is InChI=1S/C12H18N2O4/c1-16-9-6-11(18-3)10(17-2)5-7(9)4-8(13)12(14)15/h5-6,8H,4,13H2,1-3H3,(H2,14,15). The van der Waals surface area contributed by atoms with Crippen LogP contribution in [-0.2, 0) is 11.2 Å². The highest BCUT2D eigenvalue weighted by molar-refractivity contribution is 5.80. The Bertz CT molecular complexity index is 434. The van der Waals surface area contributed by atoms with Crippen molar-refractivity contribution in [3.8, 4) is 17.2 Å². The Labute approximate surface area is 106 Å². The Morgan fingerprint density at radius 1 is 1.11 bits per heavy atom. The fraction of sp³-hybridized carbons (Fsp3) is 0.417. The molecule has 0 spiro atoms. The van der Waals surface area contributed by atoms with Gasteiger partial charge in [0.05, 0.1) is 27.4 Å². The van der Waals surface area contributed by atoms with E-state index in [4.69, 9.17) is 25.7 Å². The monoisotopic (exact) mass is 254 g/mol. The second-order valence-corrected chi connectivity index (χ2v) is 3.73. The lowest BCUT2D eigenvalue weighted by atomic mass is 10.0. The smallest absolute Gasteiger partial charge is 0.234 e. The molecule has 1 unspecified atom stereocenters. The van der Waals surface area contributed by atoms with Crippen molar-refractivity contribution in [1.82, 2.24) is 0 Å². The normalized spacial score (nSPS) is 11.8. The first kappa shape index (κ1) is 14.1. The van der Waals surface area contributed by atoms with Gasteiger partial charge in [0.15, 0.2) is 11.5 Å². The Kier molecular flexibility index (Phi) is 4.79. The molecule has 0 heterocycles. The maximum atomic E-state index is 11.0. The van der Waals surface area contributed by atoms with Gasteiger partial charge in [-0.25, -0.2) is 0 Å². The number of carbonyl (C=O) groups excluding carboxylic acids is 1. The highest BCUT2D eigenvalue weighted by atomic mass is 16.5. The molecule has 0 radical (unpaired) electrons. The molecule has 0 aromatic heterocycles. The first-order valence-corrected chi connectivity index (χ1v) is 5.37. The van der Waals surface area contributed by atoms with Crippen LogP contribution in [0.5, 0.6) is 17.2 Å². The van der Waals surface area contributed by atoms with Crippen LogP contribution >= 0.6 is 0 Å². The predicted molar refractivity (Wildman–Crippen MR) is 67.0 cm³/mol. The molecule has 0 fully saturated rings. The molecule has 1 atom stereocenters. The summed E-state index contributed by atoms with van der Waals surface area (Å²) < 4.78 is 15.6. The van der Waals surface area contributed by atoms with E-state index in [0.29, 0.717) is 17.2 Å². The van der Waals surface area contributed by atoms with E-state index in [1.165, 1.54) is 21.3 Å². The Morgan fingerprint density at radius 3 is 2.06 bits per heavy atom. The molecule has 100 valence electrons. The summed E-state index contributed by atoms with van der Waals surface area (Å²) in [5.74, 6) is 1.10. The molecule has 6 nitrogen and oxygen atoms in total. The summed E-state index contributed by atoms with van der Waals surface area (Å²) in [6.45, 7) is 0.